The molecule has 0 spiro atoms. The van der Waals surface area contributed by atoms with Crippen molar-refractivity contribution in [3.8, 4) is 27.9 Å². The quantitative estimate of drug-likeness (QED) is 0.278. The third-order valence-electron chi connectivity index (χ3n) is 6.77. The average Bonchev–Trinajstić information content (AvgIpc) is 3.33. The molecule has 6 rings (SSSR count). The van der Waals surface area contributed by atoms with Crippen LogP contribution in [0.5, 0.6) is 11.5 Å². The summed E-state index contributed by atoms with van der Waals surface area (Å²) in [7, 11) is 3.23. The van der Waals surface area contributed by atoms with Crippen LogP contribution in [-0.2, 0) is 6.42 Å². The van der Waals surface area contributed by atoms with Gasteiger partial charge in [0.2, 0.25) is 0 Å². The number of thiophene rings is 1. The van der Waals surface area contributed by atoms with Crippen LogP contribution >= 0.6 is 11.3 Å². The number of nitrogens with one attached hydrogen (secondary N) is 1. The number of benzene rings is 3. The number of anilines is 2. The molecule has 8 heteroatoms. The Morgan fingerprint density at radius 2 is 1.55 bits per heavy atom. The lowest BCUT2D eigenvalue weighted by atomic mass is 9.91. The number of Topliss-reactive ketones (excluding diaryl/α,β-unsaturated/α-hetero) is 1. The van der Waals surface area contributed by atoms with Gasteiger partial charge in [0.1, 0.15) is 16.5 Å². The third-order valence-corrected chi connectivity index (χ3v) is 7.92. The standard InChI is InChI=1S/C30H25N3O4S/c1-36-20-14-10-18(11-15-20)31-29-26-23(7-5-9-25(26)34)27(38-29)28-32-24-8-4-3-6-22(24)30(35)33(28)19-12-16-21(37-2)17-13-19/h3-4,6,8,10-17,31H,5,7,9H2,1-2H3. The van der Waals surface area contributed by atoms with Crippen molar-refractivity contribution in [2.75, 3.05) is 19.5 Å². The van der Waals surface area contributed by atoms with E-state index in [-0.39, 0.29) is 11.3 Å². The highest BCUT2D eigenvalue weighted by atomic mass is 32.1. The van der Waals surface area contributed by atoms with Crippen molar-refractivity contribution >= 4 is 38.7 Å². The van der Waals surface area contributed by atoms with Gasteiger partial charge in [-0.25, -0.2) is 4.98 Å². The lowest BCUT2D eigenvalue weighted by molar-refractivity contribution is 0.0974. The summed E-state index contributed by atoms with van der Waals surface area (Å²) in [5.74, 6) is 2.08. The Balaban J connectivity index is 1.58. The van der Waals surface area contributed by atoms with E-state index in [1.807, 2.05) is 66.7 Å². The van der Waals surface area contributed by atoms with Crippen molar-refractivity contribution < 1.29 is 14.3 Å². The van der Waals surface area contributed by atoms with Gasteiger partial charge < -0.3 is 14.8 Å². The van der Waals surface area contributed by atoms with Gasteiger partial charge in [0, 0.05) is 12.1 Å². The van der Waals surface area contributed by atoms with Crippen molar-refractivity contribution in [3.63, 3.8) is 0 Å². The van der Waals surface area contributed by atoms with Gasteiger partial charge in [-0.05, 0) is 79.1 Å². The zero-order valence-electron chi connectivity index (χ0n) is 21.0. The minimum absolute atomic E-state index is 0.101. The van der Waals surface area contributed by atoms with E-state index in [1.54, 1.807) is 24.9 Å². The molecule has 0 atom stereocenters. The minimum Gasteiger partial charge on any atom is -0.497 e. The number of aromatic nitrogens is 2. The van der Waals surface area contributed by atoms with Crippen LogP contribution < -0.4 is 20.3 Å². The van der Waals surface area contributed by atoms with E-state index in [0.717, 1.165) is 39.7 Å². The molecule has 0 aliphatic heterocycles. The zero-order chi connectivity index (χ0) is 26.2. The van der Waals surface area contributed by atoms with Crippen molar-refractivity contribution in [1.82, 2.24) is 9.55 Å². The Morgan fingerprint density at radius 1 is 0.868 bits per heavy atom. The van der Waals surface area contributed by atoms with Crippen LogP contribution in [0.3, 0.4) is 0 Å². The van der Waals surface area contributed by atoms with Crippen LogP contribution in [0.4, 0.5) is 10.7 Å². The number of carbonyl (C=O) groups excluding carboxylic acids is 1. The Labute approximate surface area is 223 Å². The van der Waals surface area contributed by atoms with E-state index < -0.39 is 0 Å². The van der Waals surface area contributed by atoms with Crippen LogP contribution in [-0.4, -0.2) is 29.6 Å². The minimum atomic E-state index is -0.162. The maximum Gasteiger partial charge on any atom is 0.266 e. The van der Waals surface area contributed by atoms with E-state index in [4.69, 9.17) is 14.5 Å². The van der Waals surface area contributed by atoms with E-state index in [0.29, 0.717) is 40.1 Å². The van der Waals surface area contributed by atoms with Crippen LogP contribution in [0.2, 0.25) is 0 Å². The maximum absolute atomic E-state index is 13.9. The number of hydrogen-bond donors (Lipinski definition) is 1. The molecule has 38 heavy (non-hydrogen) atoms. The summed E-state index contributed by atoms with van der Waals surface area (Å²) in [5.41, 5.74) is 3.61. The number of fused-ring (bicyclic) bond motifs is 2. The van der Waals surface area contributed by atoms with Crippen molar-refractivity contribution in [3.05, 3.63) is 94.3 Å². The number of hydrogen-bond acceptors (Lipinski definition) is 7. The summed E-state index contributed by atoms with van der Waals surface area (Å²) in [5, 5.41) is 4.73. The average molecular weight is 524 g/mol. The predicted octanol–water partition coefficient (Wildman–Crippen LogP) is 6.39. The van der Waals surface area contributed by atoms with Gasteiger partial charge in [-0.1, -0.05) is 12.1 Å². The summed E-state index contributed by atoms with van der Waals surface area (Å²) in [6.45, 7) is 0. The molecule has 0 amide bonds. The Hall–Kier alpha value is -4.43. The first-order valence-corrected chi connectivity index (χ1v) is 13.2. The first-order chi connectivity index (χ1) is 18.6. The lowest BCUT2D eigenvalue weighted by Crippen LogP contribution is -2.22. The van der Waals surface area contributed by atoms with Crippen molar-refractivity contribution in [2.24, 2.45) is 0 Å². The van der Waals surface area contributed by atoms with E-state index in [9.17, 15) is 9.59 Å². The fourth-order valence-electron chi connectivity index (χ4n) is 4.88. The number of methoxy groups -OCH3 is 2. The SMILES string of the molecule is COc1ccc(Nc2sc(-c3nc4ccccc4c(=O)n3-c3ccc(OC)cc3)c3c2C(=O)CCC3)cc1. The number of carbonyl (C=O) groups is 1. The Bertz CT molecular complexity index is 1720. The molecule has 0 radical (unpaired) electrons. The van der Waals surface area contributed by atoms with Crippen LogP contribution in [0.25, 0.3) is 27.3 Å². The molecule has 2 aromatic heterocycles. The molecule has 1 N–H and O–H groups in total. The Morgan fingerprint density at radius 3 is 2.26 bits per heavy atom. The topological polar surface area (TPSA) is 82.4 Å². The molecule has 5 aromatic rings. The number of ketones is 1. The number of rotatable bonds is 6. The van der Waals surface area contributed by atoms with Gasteiger partial charge in [-0.2, -0.15) is 0 Å². The smallest absolute Gasteiger partial charge is 0.266 e. The molecule has 2 heterocycles. The fraction of sp³-hybridized carbons (Fsp3) is 0.167. The van der Waals surface area contributed by atoms with Gasteiger partial charge in [0.15, 0.2) is 11.6 Å². The number of ether oxygens (including phenoxy) is 2. The van der Waals surface area contributed by atoms with E-state index >= 15 is 0 Å². The number of nitrogens with zero attached hydrogens (tertiary/aromatic N) is 2. The summed E-state index contributed by atoms with van der Waals surface area (Å²) >= 11 is 1.46. The van der Waals surface area contributed by atoms with Gasteiger partial charge >= 0.3 is 0 Å². The third kappa shape index (κ3) is 4.13. The second-order valence-corrected chi connectivity index (χ2v) is 10.1. The number of para-hydroxylation sites is 1. The summed E-state index contributed by atoms with van der Waals surface area (Å²) in [6, 6.07) is 22.3. The Kier molecular flexibility index (Phi) is 6.17. The van der Waals surface area contributed by atoms with E-state index in [2.05, 4.69) is 5.32 Å². The van der Waals surface area contributed by atoms with E-state index in [1.165, 1.54) is 11.3 Å². The fourth-order valence-corrected chi connectivity index (χ4v) is 6.15. The van der Waals surface area contributed by atoms with Crippen LogP contribution in [0.1, 0.15) is 28.8 Å². The van der Waals surface area contributed by atoms with Crippen molar-refractivity contribution in [1.29, 1.82) is 0 Å². The molecule has 0 saturated heterocycles. The summed E-state index contributed by atoms with van der Waals surface area (Å²) in [6.07, 6.45) is 2.00. The van der Waals surface area contributed by atoms with Crippen LogP contribution in [0, 0.1) is 0 Å². The van der Waals surface area contributed by atoms with Gasteiger partial charge in [0.25, 0.3) is 5.56 Å². The van der Waals surface area contributed by atoms with Gasteiger partial charge in [0.05, 0.1) is 41.3 Å². The summed E-state index contributed by atoms with van der Waals surface area (Å²) in [4.78, 5) is 32.9. The predicted molar refractivity (Wildman–Crippen MR) is 151 cm³/mol. The van der Waals surface area contributed by atoms with Crippen LogP contribution in [0.15, 0.2) is 77.6 Å². The highest BCUT2D eigenvalue weighted by Gasteiger charge is 2.30. The molecule has 0 bridgehead atoms. The highest BCUT2D eigenvalue weighted by Crippen LogP contribution is 2.44. The first kappa shape index (κ1) is 23.9. The molecule has 0 saturated carbocycles. The van der Waals surface area contributed by atoms with Gasteiger partial charge in [-0.3, -0.25) is 14.2 Å². The second-order valence-electron chi connectivity index (χ2n) is 9.04. The van der Waals surface area contributed by atoms with Crippen molar-refractivity contribution in [2.45, 2.75) is 19.3 Å². The molecule has 1 aliphatic rings. The molecule has 190 valence electrons. The monoisotopic (exact) mass is 523 g/mol. The largest absolute Gasteiger partial charge is 0.497 e. The maximum atomic E-state index is 13.9. The van der Waals surface area contributed by atoms with Gasteiger partial charge in [-0.15, -0.1) is 11.3 Å². The highest BCUT2D eigenvalue weighted by molar-refractivity contribution is 7.20. The first-order valence-electron chi connectivity index (χ1n) is 12.3. The molecule has 1 aliphatic carbocycles. The molecular formula is C30H25N3O4S. The molecule has 3 aromatic carbocycles. The normalized spacial score (nSPS) is 12.8. The zero-order valence-corrected chi connectivity index (χ0v) is 21.8. The lowest BCUT2D eigenvalue weighted by Gasteiger charge is -2.16. The molecule has 0 unspecified atom stereocenters. The molecular weight excluding hydrogens is 498 g/mol. The summed E-state index contributed by atoms with van der Waals surface area (Å²) < 4.78 is 12.2. The molecule has 7 nitrogen and oxygen atoms in total. The second kappa shape index (κ2) is 9.79. The molecule has 0 fully saturated rings.